The summed E-state index contributed by atoms with van der Waals surface area (Å²) >= 11 is 0. The van der Waals surface area contributed by atoms with Crippen molar-refractivity contribution in [2.75, 3.05) is 0 Å². The van der Waals surface area contributed by atoms with Crippen molar-refractivity contribution >= 4 is 9.84 Å². The van der Waals surface area contributed by atoms with Gasteiger partial charge in [-0.1, -0.05) is 39.0 Å². The van der Waals surface area contributed by atoms with Gasteiger partial charge >= 0.3 is 12.8 Å². The van der Waals surface area contributed by atoms with E-state index in [0.717, 1.165) is 32.1 Å². The maximum Gasteiger partial charge on any atom is 0.417 e. The Hall–Kier alpha value is -1.30. The second kappa shape index (κ2) is 12.7. The number of sulfone groups is 1. The molecule has 272 valence electrons. The molecule has 48 heavy (non-hydrogen) atoms. The van der Waals surface area contributed by atoms with Crippen LogP contribution >= 0.6 is 0 Å². The number of ether oxygens (including phenoxy) is 1. The van der Waals surface area contributed by atoms with Crippen LogP contribution in [0.1, 0.15) is 111 Å². The van der Waals surface area contributed by atoms with Crippen LogP contribution in [0.2, 0.25) is 0 Å². The van der Waals surface area contributed by atoms with Gasteiger partial charge in [0, 0.05) is 0 Å². The van der Waals surface area contributed by atoms with E-state index in [1.54, 1.807) is 30.3 Å². The fourth-order valence-electron chi connectivity index (χ4n) is 12.0. The van der Waals surface area contributed by atoms with Gasteiger partial charge in [0.25, 0.3) is 0 Å². The zero-order chi connectivity index (χ0) is 34.9. The average molecular weight is 705 g/mol. The molecule has 1 unspecified atom stereocenters. The second-order valence-electron chi connectivity index (χ2n) is 16.9. The Morgan fingerprint density at radius 2 is 1.50 bits per heavy atom. The molecule has 10 atom stereocenters. The van der Waals surface area contributed by atoms with E-state index >= 15 is 0 Å². The smallest absolute Gasteiger partial charge is 0.390 e. The monoisotopic (exact) mass is 704 g/mol. The first kappa shape index (κ1) is 36.5. The lowest BCUT2D eigenvalue weighted by atomic mass is 9.43. The molecule has 0 spiro atoms. The van der Waals surface area contributed by atoms with Crippen molar-refractivity contribution in [1.29, 1.82) is 0 Å². The van der Waals surface area contributed by atoms with E-state index in [4.69, 9.17) is 4.74 Å². The number of hydrogen-bond donors (Lipinski definition) is 2. The first-order valence-corrected chi connectivity index (χ1v) is 19.6. The van der Waals surface area contributed by atoms with Crippen molar-refractivity contribution in [2.45, 2.75) is 151 Å². The molecule has 0 bridgehead atoms. The lowest BCUT2D eigenvalue weighted by Crippen LogP contribution is -2.59. The van der Waals surface area contributed by atoms with E-state index in [1.807, 2.05) is 6.92 Å². The van der Waals surface area contributed by atoms with Gasteiger partial charge in [0.2, 0.25) is 0 Å². The lowest BCUT2D eigenvalue weighted by molar-refractivity contribution is -0.290. The number of fused-ring (bicyclic) bond motifs is 5. The molecule has 2 N–H and O–H groups in total. The third-order valence-electron chi connectivity index (χ3n) is 14.8. The van der Waals surface area contributed by atoms with E-state index in [2.05, 4.69) is 13.8 Å². The average Bonchev–Trinajstić information content (AvgIpc) is 3.38. The first-order valence-electron chi connectivity index (χ1n) is 18.1. The molecule has 1 aromatic carbocycles. The van der Waals surface area contributed by atoms with Gasteiger partial charge in [-0.05, 0) is 148 Å². The number of aliphatic hydroxyl groups is 2. The number of rotatable bonds is 8. The van der Waals surface area contributed by atoms with Crippen LogP contribution in [0, 0.1) is 46.3 Å². The predicted octanol–water partition coefficient (Wildman–Crippen LogP) is 8.72. The predicted molar refractivity (Wildman–Crippen MR) is 172 cm³/mol. The summed E-state index contributed by atoms with van der Waals surface area (Å²) in [4.78, 5) is 0.214. The fraction of sp³-hybridized carbons (Fsp3) is 0.838. The molecular weight excluding hydrogens is 651 g/mol. The molecule has 0 heterocycles. The molecule has 0 amide bonds. The second-order valence-corrected chi connectivity index (χ2v) is 19.1. The highest BCUT2D eigenvalue weighted by Crippen LogP contribution is 2.69. The van der Waals surface area contributed by atoms with Gasteiger partial charge in [0.15, 0.2) is 15.4 Å². The molecule has 0 saturated heterocycles. The Balaban J connectivity index is 1.24. The SMILES string of the molecule is C[C@@H](C(CC1(O)CCC(OC(F)F)CC1)S(=O)(=O)c1ccccc1)[C@@H]1CC[C@H]2[C@@H]3CC[C@H]4C[C@](O)(C(F)(F)F)CC[C@]4(C)[C@H]3CC[C@@]21C. The van der Waals surface area contributed by atoms with Crippen molar-refractivity contribution in [3.05, 3.63) is 30.3 Å². The summed E-state index contributed by atoms with van der Waals surface area (Å²) in [7, 11) is -3.87. The summed E-state index contributed by atoms with van der Waals surface area (Å²) in [5.41, 5.74) is -4.34. The Morgan fingerprint density at radius 3 is 2.12 bits per heavy atom. The highest BCUT2D eigenvalue weighted by Gasteiger charge is 2.65. The van der Waals surface area contributed by atoms with Gasteiger partial charge < -0.3 is 14.9 Å². The maximum absolute atomic E-state index is 14.4. The fourth-order valence-corrected chi connectivity index (χ4v) is 14.2. The molecule has 6 rings (SSSR count). The standard InChI is InChI=1S/C37H53F5O5S/c1-23(31(48(45,46)26-7-5-4-6-8-26)22-35(43)17-13-25(14-18-35)47-32(38)39)28-11-12-29-27-10-9-24-21-36(44,37(40,41)42)20-19-33(24,2)30(27)15-16-34(28,29)3/h4-8,23-25,27-32,43-44H,9-22H2,1-3H3/t23-,24+,25?,27+,28+,29+,30+,31?,33+,34-,35?,36+/m1/s1. The van der Waals surface area contributed by atoms with E-state index < -0.39 is 45.2 Å². The zero-order valence-corrected chi connectivity index (χ0v) is 29.2. The number of benzene rings is 1. The molecule has 0 aromatic heterocycles. The van der Waals surface area contributed by atoms with Crippen molar-refractivity contribution in [3.63, 3.8) is 0 Å². The summed E-state index contributed by atoms with van der Waals surface area (Å²) in [6, 6.07) is 8.35. The van der Waals surface area contributed by atoms with Crippen LogP contribution in [-0.2, 0) is 14.6 Å². The molecule has 5 saturated carbocycles. The first-order chi connectivity index (χ1) is 22.3. The maximum atomic E-state index is 14.4. The summed E-state index contributed by atoms with van der Waals surface area (Å²) in [5, 5.41) is 21.5. The topological polar surface area (TPSA) is 83.8 Å². The minimum absolute atomic E-state index is 0.0258. The Bertz CT molecular complexity index is 1400. The van der Waals surface area contributed by atoms with Crippen LogP contribution in [0.3, 0.4) is 0 Å². The van der Waals surface area contributed by atoms with E-state index in [9.17, 15) is 40.6 Å². The van der Waals surface area contributed by atoms with Crippen LogP contribution in [0.4, 0.5) is 22.0 Å². The molecular formula is C37H53F5O5S. The number of hydrogen-bond acceptors (Lipinski definition) is 5. The van der Waals surface area contributed by atoms with Gasteiger partial charge in [-0.3, -0.25) is 0 Å². The molecule has 5 fully saturated rings. The Morgan fingerprint density at radius 1 is 0.854 bits per heavy atom. The van der Waals surface area contributed by atoms with Crippen molar-refractivity contribution in [2.24, 2.45) is 46.3 Å². The Kier molecular flexibility index (Phi) is 9.68. The Labute approximate surface area is 282 Å². The third-order valence-corrected chi connectivity index (χ3v) is 17.1. The molecule has 0 radical (unpaired) electrons. The van der Waals surface area contributed by atoms with Gasteiger partial charge in [-0.25, -0.2) is 8.42 Å². The summed E-state index contributed by atoms with van der Waals surface area (Å²) in [5.74, 6) is 0.552. The van der Waals surface area contributed by atoms with E-state index in [-0.39, 0.29) is 84.3 Å². The van der Waals surface area contributed by atoms with Gasteiger partial charge in [-0.15, -0.1) is 0 Å². The summed E-state index contributed by atoms with van der Waals surface area (Å²) < 4.78 is 101. The van der Waals surface area contributed by atoms with Crippen LogP contribution in [0.5, 0.6) is 0 Å². The number of halogens is 5. The van der Waals surface area contributed by atoms with Crippen LogP contribution < -0.4 is 0 Å². The normalized spacial score (nSPS) is 43.2. The number of alkyl halides is 5. The van der Waals surface area contributed by atoms with Crippen LogP contribution in [0.15, 0.2) is 35.2 Å². The highest BCUT2D eigenvalue weighted by atomic mass is 32.2. The zero-order valence-electron chi connectivity index (χ0n) is 28.4. The highest BCUT2D eigenvalue weighted by molar-refractivity contribution is 7.92. The molecule has 5 nitrogen and oxygen atoms in total. The quantitative estimate of drug-likeness (QED) is 0.265. The van der Waals surface area contributed by atoms with E-state index in [0.29, 0.717) is 24.7 Å². The molecule has 5 aliphatic carbocycles. The molecule has 11 heteroatoms. The minimum Gasteiger partial charge on any atom is -0.390 e. The van der Waals surface area contributed by atoms with E-state index in [1.165, 1.54) is 0 Å². The van der Waals surface area contributed by atoms with Crippen LogP contribution in [-0.4, -0.2) is 54.0 Å². The van der Waals surface area contributed by atoms with Gasteiger partial charge in [0.05, 0.1) is 21.9 Å². The minimum atomic E-state index is -4.63. The third kappa shape index (κ3) is 6.27. The van der Waals surface area contributed by atoms with Crippen LogP contribution in [0.25, 0.3) is 0 Å². The lowest BCUT2D eigenvalue weighted by Gasteiger charge is -2.62. The van der Waals surface area contributed by atoms with Gasteiger partial charge in [-0.2, -0.15) is 22.0 Å². The summed E-state index contributed by atoms with van der Waals surface area (Å²) in [6.07, 6.45) is 0.481. The van der Waals surface area contributed by atoms with Crippen molar-refractivity contribution < 1.29 is 45.3 Å². The van der Waals surface area contributed by atoms with Crippen molar-refractivity contribution in [3.8, 4) is 0 Å². The summed E-state index contributed by atoms with van der Waals surface area (Å²) in [6.45, 7) is 3.58. The largest absolute Gasteiger partial charge is 0.417 e. The van der Waals surface area contributed by atoms with Gasteiger partial charge in [0.1, 0.15) is 0 Å². The molecule has 1 aromatic rings. The van der Waals surface area contributed by atoms with Crippen molar-refractivity contribution in [1.82, 2.24) is 0 Å². The molecule has 0 aliphatic heterocycles. The molecule has 5 aliphatic rings.